The molecule has 2 rings (SSSR count). The average Bonchev–Trinajstić information content (AvgIpc) is 2.47. The van der Waals surface area contributed by atoms with Crippen LogP contribution in [0.15, 0.2) is 24.5 Å². The topological polar surface area (TPSA) is 66.5 Å². The number of ether oxygens (including phenoxy) is 1. The maximum atomic E-state index is 11.9. The molecule has 1 fully saturated rings. The highest BCUT2D eigenvalue weighted by molar-refractivity contribution is 5.78. The summed E-state index contributed by atoms with van der Waals surface area (Å²) in [4.78, 5) is 18.1. The highest BCUT2D eigenvalue weighted by Crippen LogP contribution is 2.09. The first-order valence-corrected chi connectivity index (χ1v) is 7.92. The van der Waals surface area contributed by atoms with E-state index < -0.39 is 0 Å². The van der Waals surface area contributed by atoms with E-state index in [1.54, 1.807) is 12.4 Å². The molecule has 0 spiro atoms. The van der Waals surface area contributed by atoms with E-state index in [-0.39, 0.29) is 18.1 Å². The van der Waals surface area contributed by atoms with E-state index in [1.165, 1.54) is 0 Å². The first-order valence-electron chi connectivity index (χ1n) is 7.92. The molecule has 22 heavy (non-hydrogen) atoms. The van der Waals surface area contributed by atoms with Gasteiger partial charge < -0.3 is 15.4 Å². The smallest absolute Gasteiger partial charge is 0.234 e. The van der Waals surface area contributed by atoms with Crippen molar-refractivity contribution in [1.29, 1.82) is 0 Å². The van der Waals surface area contributed by atoms with Gasteiger partial charge in [0.25, 0.3) is 0 Å². The number of amides is 1. The van der Waals surface area contributed by atoms with Crippen LogP contribution >= 0.6 is 0 Å². The van der Waals surface area contributed by atoms with Gasteiger partial charge in [0.15, 0.2) is 0 Å². The summed E-state index contributed by atoms with van der Waals surface area (Å²) in [7, 11) is 0. The Morgan fingerprint density at radius 3 is 2.82 bits per heavy atom. The first kappa shape index (κ1) is 16.7. The van der Waals surface area contributed by atoms with Crippen LogP contribution in [-0.2, 0) is 9.53 Å². The van der Waals surface area contributed by atoms with E-state index in [0.29, 0.717) is 13.1 Å². The molecule has 122 valence electrons. The highest BCUT2D eigenvalue weighted by atomic mass is 16.5. The van der Waals surface area contributed by atoms with Crippen LogP contribution in [0.3, 0.4) is 0 Å². The molecular weight excluding hydrogens is 280 g/mol. The summed E-state index contributed by atoms with van der Waals surface area (Å²) in [6.45, 7) is 7.68. The van der Waals surface area contributed by atoms with Crippen LogP contribution in [0, 0.1) is 0 Å². The Morgan fingerprint density at radius 1 is 1.36 bits per heavy atom. The number of anilines is 1. The summed E-state index contributed by atoms with van der Waals surface area (Å²) in [5.41, 5.74) is 1.00. The molecule has 2 N–H and O–H groups in total. The summed E-state index contributed by atoms with van der Waals surface area (Å²) in [5, 5.41) is 6.24. The number of morpholine rings is 1. The Labute approximate surface area is 132 Å². The normalized spacial score (nSPS) is 22.3. The Bertz CT molecular complexity index is 445. The van der Waals surface area contributed by atoms with Gasteiger partial charge in [0, 0.05) is 38.6 Å². The molecule has 1 aliphatic rings. The van der Waals surface area contributed by atoms with Crippen LogP contribution in [0.4, 0.5) is 5.69 Å². The molecule has 0 unspecified atom stereocenters. The number of nitrogens with zero attached hydrogens (tertiary/aromatic N) is 2. The van der Waals surface area contributed by atoms with Crippen LogP contribution in [0.2, 0.25) is 0 Å². The summed E-state index contributed by atoms with van der Waals surface area (Å²) >= 11 is 0. The maximum absolute atomic E-state index is 11.9. The number of nitrogens with one attached hydrogen (secondary N) is 2. The van der Waals surface area contributed by atoms with Gasteiger partial charge in [-0.25, -0.2) is 0 Å². The summed E-state index contributed by atoms with van der Waals surface area (Å²) in [5.74, 6) is 0.0858. The summed E-state index contributed by atoms with van der Waals surface area (Å²) in [6, 6.07) is 3.88. The molecule has 0 radical (unpaired) electrons. The summed E-state index contributed by atoms with van der Waals surface area (Å²) in [6.07, 6.45) is 4.81. The molecule has 1 aliphatic heterocycles. The van der Waals surface area contributed by atoms with Gasteiger partial charge >= 0.3 is 0 Å². The van der Waals surface area contributed by atoms with Crippen molar-refractivity contribution in [2.24, 2.45) is 0 Å². The van der Waals surface area contributed by atoms with Gasteiger partial charge in [-0.15, -0.1) is 0 Å². The average molecular weight is 306 g/mol. The van der Waals surface area contributed by atoms with E-state index in [9.17, 15) is 4.79 Å². The minimum atomic E-state index is 0.0858. The molecule has 0 saturated carbocycles. The van der Waals surface area contributed by atoms with Crippen molar-refractivity contribution in [3.05, 3.63) is 24.5 Å². The third-order valence-corrected chi connectivity index (χ3v) is 3.53. The molecule has 2 heterocycles. The number of carbonyl (C=O) groups excluding carboxylic acids is 1. The highest BCUT2D eigenvalue weighted by Gasteiger charge is 2.23. The van der Waals surface area contributed by atoms with Crippen LogP contribution in [0.5, 0.6) is 0 Å². The van der Waals surface area contributed by atoms with Crippen molar-refractivity contribution >= 4 is 11.6 Å². The van der Waals surface area contributed by atoms with Crippen molar-refractivity contribution in [3.63, 3.8) is 0 Å². The number of pyridine rings is 1. The molecule has 1 aromatic rings. The molecule has 1 aromatic heterocycles. The molecule has 1 amide bonds. The fourth-order valence-corrected chi connectivity index (χ4v) is 2.69. The van der Waals surface area contributed by atoms with Crippen LogP contribution in [0.25, 0.3) is 0 Å². The van der Waals surface area contributed by atoms with Gasteiger partial charge in [0.2, 0.25) is 5.91 Å². The van der Waals surface area contributed by atoms with Gasteiger partial charge in [-0.1, -0.05) is 0 Å². The van der Waals surface area contributed by atoms with Gasteiger partial charge in [0.1, 0.15) is 0 Å². The van der Waals surface area contributed by atoms with Crippen LogP contribution in [-0.4, -0.2) is 60.7 Å². The number of hydrogen-bond acceptors (Lipinski definition) is 5. The maximum Gasteiger partial charge on any atom is 0.234 e. The van der Waals surface area contributed by atoms with Crippen molar-refractivity contribution < 1.29 is 9.53 Å². The number of aromatic nitrogens is 1. The predicted octanol–water partition coefficient (Wildman–Crippen LogP) is 1.11. The lowest BCUT2D eigenvalue weighted by atomic mass is 10.2. The fraction of sp³-hybridized carbons (Fsp3) is 0.625. The minimum absolute atomic E-state index is 0.0858. The van der Waals surface area contributed by atoms with Crippen molar-refractivity contribution in [3.8, 4) is 0 Å². The standard InChI is InChI=1S/C16H26N4O2/c1-13-10-20(11-14(2)22-13)12-16(21)19-8-4-7-18-15-5-3-6-17-9-15/h3,5-6,9,13-14,18H,4,7-8,10-12H2,1-2H3,(H,19,21)/t13-,14+. The van der Waals surface area contributed by atoms with Crippen LogP contribution in [0.1, 0.15) is 20.3 Å². The van der Waals surface area contributed by atoms with Gasteiger partial charge in [0.05, 0.1) is 24.4 Å². The third kappa shape index (κ3) is 5.99. The van der Waals surface area contributed by atoms with Crippen molar-refractivity contribution in [2.45, 2.75) is 32.5 Å². The molecule has 6 heteroatoms. The van der Waals surface area contributed by atoms with Gasteiger partial charge in [-0.2, -0.15) is 0 Å². The van der Waals surface area contributed by atoms with Crippen molar-refractivity contribution in [2.75, 3.05) is 38.0 Å². The lowest BCUT2D eigenvalue weighted by Crippen LogP contribution is -2.49. The molecule has 0 bridgehead atoms. The fourth-order valence-electron chi connectivity index (χ4n) is 2.69. The third-order valence-electron chi connectivity index (χ3n) is 3.53. The second kappa shape index (κ2) is 8.70. The molecule has 0 aliphatic carbocycles. The second-order valence-electron chi connectivity index (χ2n) is 5.82. The quantitative estimate of drug-likeness (QED) is 0.739. The zero-order chi connectivity index (χ0) is 15.8. The first-order chi connectivity index (χ1) is 10.6. The Morgan fingerprint density at radius 2 is 2.14 bits per heavy atom. The van der Waals surface area contributed by atoms with E-state index in [4.69, 9.17) is 4.74 Å². The zero-order valence-corrected chi connectivity index (χ0v) is 13.4. The number of carbonyl (C=O) groups is 1. The minimum Gasteiger partial charge on any atom is -0.384 e. The van der Waals surface area contributed by atoms with E-state index in [1.807, 2.05) is 26.0 Å². The Hall–Kier alpha value is -1.66. The molecule has 0 aromatic carbocycles. The number of hydrogen-bond donors (Lipinski definition) is 2. The van der Waals surface area contributed by atoms with E-state index in [0.717, 1.165) is 31.7 Å². The summed E-state index contributed by atoms with van der Waals surface area (Å²) < 4.78 is 5.67. The monoisotopic (exact) mass is 306 g/mol. The SMILES string of the molecule is C[C@@H]1CN(CC(=O)NCCCNc2cccnc2)C[C@H](C)O1. The van der Waals surface area contributed by atoms with E-state index in [2.05, 4.69) is 20.5 Å². The predicted molar refractivity (Wildman–Crippen MR) is 86.8 cm³/mol. The Balaban J connectivity index is 1.56. The number of rotatable bonds is 7. The van der Waals surface area contributed by atoms with Gasteiger partial charge in [-0.3, -0.25) is 14.7 Å². The second-order valence-corrected chi connectivity index (χ2v) is 5.82. The zero-order valence-electron chi connectivity index (χ0n) is 13.4. The van der Waals surface area contributed by atoms with E-state index >= 15 is 0 Å². The van der Waals surface area contributed by atoms with Crippen molar-refractivity contribution in [1.82, 2.24) is 15.2 Å². The van der Waals surface area contributed by atoms with Gasteiger partial charge in [-0.05, 0) is 32.4 Å². The van der Waals surface area contributed by atoms with Crippen LogP contribution < -0.4 is 10.6 Å². The Kier molecular flexibility index (Phi) is 6.61. The largest absolute Gasteiger partial charge is 0.384 e. The lowest BCUT2D eigenvalue weighted by molar-refractivity contribution is -0.125. The molecule has 6 nitrogen and oxygen atoms in total. The lowest BCUT2D eigenvalue weighted by Gasteiger charge is -2.34. The molecule has 2 atom stereocenters. The molecular formula is C16H26N4O2. The molecule has 1 saturated heterocycles.